The molecule has 0 aliphatic heterocycles. The summed E-state index contributed by atoms with van der Waals surface area (Å²) in [6, 6.07) is 11.1. The number of para-hydroxylation sites is 2. The Morgan fingerprint density at radius 1 is 1.29 bits per heavy atom. The van der Waals surface area contributed by atoms with Crippen LogP contribution in [0.25, 0.3) is 10.8 Å². The molecule has 2 heterocycles. The summed E-state index contributed by atoms with van der Waals surface area (Å²) in [5.74, 6) is 0.908. The number of thiophene rings is 1. The molecule has 0 radical (unpaired) electrons. The molecule has 2 aromatic heterocycles. The SMILES string of the molecule is COc1ccccc1NC(=O)[C@H](C)Sc1nnc(-c2cccs2)o1. The van der Waals surface area contributed by atoms with Crippen LogP contribution in [-0.2, 0) is 4.79 Å². The topological polar surface area (TPSA) is 77.2 Å². The molecule has 6 nitrogen and oxygen atoms in total. The van der Waals surface area contributed by atoms with E-state index >= 15 is 0 Å². The Bertz CT molecular complexity index is 818. The van der Waals surface area contributed by atoms with Crippen LogP contribution in [-0.4, -0.2) is 28.5 Å². The predicted molar refractivity (Wildman–Crippen MR) is 94.6 cm³/mol. The van der Waals surface area contributed by atoms with E-state index in [1.165, 1.54) is 23.1 Å². The molecular formula is C16H15N3O3S2. The molecule has 0 saturated carbocycles. The van der Waals surface area contributed by atoms with Crippen LogP contribution in [0.3, 0.4) is 0 Å². The van der Waals surface area contributed by atoms with Crippen LogP contribution in [0.5, 0.6) is 5.75 Å². The fraction of sp³-hybridized carbons (Fsp3) is 0.188. The number of nitrogens with one attached hydrogen (secondary N) is 1. The van der Waals surface area contributed by atoms with Gasteiger partial charge in [0.25, 0.3) is 11.1 Å². The molecule has 0 saturated heterocycles. The van der Waals surface area contributed by atoms with E-state index in [1.54, 1.807) is 26.2 Å². The molecule has 0 aliphatic rings. The zero-order valence-electron chi connectivity index (χ0n) is 13.1. The summed E-state index contributed by atoms with van der Waals surface area (Å²) in [7, 11) is 1.56. The molecule has 1 aromatic carbocycles. The number of hydrogen-bond acceptors (Lipinski definition) is 7. The molecule has 3 rings (SSSR count). The minimum atomic E-state index is -0.397. The lowest BCUT2D eigenvalue weighted by molar-refractivity contribution is -0.115. The first-order chi connectivity index (χ1) is 11.7. The van der Waals surface area contributed by atoms with Crippen molar-refractivity contribution in [1.82, 2.24) is 10.2 Å². The number of aromatic nitrogens is 2. The second kappa shape index (κ2) is 7.50. The van der Waals surface area contributed by atoms with Gasteiger partial charge in [0.15, 0.2) is 0 Å². The maximum Gasteiger partial charge on any atom is 0.277 e. The first-order valence-corrected chi connectivity index (χ1v) is 8.91. The van der Waals surface area contributed by atoms with Crippen molar-refractivity contribution in [1.29, 1.82) is 0 Å². The molecule has 0 spiro atoms. The summed E-state index contributed by atoms with van der Waals surface area (Å²) in [5.41, 5.74) is 0.627. The van der Waals surface area contributed by atoms with E-state index in [4.69, 9.17) is 9.15 Å². The second-order valence-electron chi connectivity index (χ2n) is 4.80. The summed E-state index contributed by atoms with van der Waals surface area (Å²) < 4.78 is 10.8. The van der Waals surface area contributed by atoms with Crippen molar-refractivity contribution in [3.8, 4) is 16.5 Å². The number of anilines is 1. The van der Waals surface area contributed by atoms with Crippen LogP contribution < -0.4 is 10.1 Å². The number of ether oxygens (including phenoxy) is 1. The van der Waals surface area contributed by atoms with Gasteiger partial charge in [-0.15, -0.1) is 21.5 Å². The van der Waals surface area contributed by atoms with Gasteiger partial charge in [-0.3, -0.25) is 4.79 Å². The summed E-state index contributed by atoms with van der Waals surface area (Å²) in [5, 5.41) is 12.7. The maximum atomic E-state index is 12.3. The molecule has 124 valence electrons. The normalized spacial score (nSPS) is 11.9. The van der Waals surface area contributed by atoms with Gasteiger partial charge < -0.3 is 14.5 Å². The standard InChI is InChI=1S/C16H15N3O3S2/c1-10(14(20)17-11-6-3-4-7-12(11)21-2)24-16-19-18-15(22-16)13-8-5-9-23-13/h3-10H,1-2H3,(H,17,20)/t10-/m0/s1. The average Bonchev–Trinajstić information content (AvgIpc) is 3.26. The molecule has 8 heteroatoms. The number of hydrogen-bond donors (Lipinski definition) is 1. The smallest absolute Gasteiger partial charge is 0.277 e. The molecular weight excluding hydrogens is 346 g/mol. The van der Waals surface area contributed by atoms with Crippen LogP contribution in [0.2, 0.25) is 0 Å². The highest BCUT2D eigenvalue weighted by Gasteiger charge is 2.20. The molecule has 0 unspecified atom stereocenters. The Balaban J connectivity index is 1.64. The van der Waals surface area contributed by atoms with E-state index in [0.29, 0.717) is 22.6 Å². The lowest BCUT2D eigenvalue weighted by Crippen LogP contribution is -2.22. The Labute approximate surface area is 147 Å². The molecule has 0 aliphatic carbocycles. The van der Waals surface area contributed by atoms with Crippen molar-refractivity contribution in [3.05, 3.63) is 41.8 Å². The number of rotatable bonds is 6. The fourth-order valence-corrected chi connectivity index (χ4v) is 3.27. The minimum absolute atomic E-state index is 0.166. The van der Waals surface area contributed by atoms with Gasteiger partial charge in [-0.25, -0.2) is 0 Å². The number of carbonyl (C=O) groups is 1. The van der Waals surface area contributed by atoms with Gasteiger partial charge in [0.05, 0.1) is 22.9 Å². The van der Waals surface area contributed by atoms with Crippen molar-refractivity contribution in [2.45, 2.75) is 17.4 Å². The van der Waals surface area contributed by atoms with Crippen molar-refractivity contribution >= 4 is 34.7 Å². The van der Waals surface area contributed by atoms with E-state index in [9.17, 15) is 4.79 Å². The van der Waals surface area contributed by atoms with E-state index in [2.05, 4.69) is 15.5 Å². The molecule has 0 bridgehead atoms. The first kappa shape index (κ1) is 16.5. The van der Waals surface area contributed by atoms with Crippen LogP contribution in [0, 0.1) is 0 Å². The number of amides is 1. The van der Waals surface area contributed by atoms with E-state index in [1.807, 2.05) is 29.6 Å². The fourth-order valence-electron chi connectivity index (χ4n) is 1.94. The highest BCUT2D eigenvalue weighted by molar-refractivity contribution is 8.00. The van der Waals surface area contributed by atoms with Gasteiger partial charge in [-0.05, 0) is 30.5 Å². The second-order valence-corrected chi connectivity index (χ2v) is 7.04. The maximum absolute atomic E-state index is 12.3. The van der Waals surface area contributed by atoms with E-state index < -0.39 is 5.25 Å². The van der Waals surface area contributed by atoms with E-state index in [0.717, 1.165) is 4.88 Å². The third kappa shape index (κ3) is 3.77. The number of thioether (sulfide) groups is 1. The summed E-state index contributed by atoms with van der Waals surface area (Å²) in [6.45, 7) is 1.78. The molecule has 0 fully saturated rings. The van der Waals surface area contributed by atoms with Gasteiger partial charge in [-0.1, -0.05) is 30.0 Å². The minimum Gasteiger partial charge on any atom is -0.495 e. The molecule has 3 aromatic rings. The third-order valence-electron chi connectivity index (χ3n) is 3.15. The lowest BCUT2D eigenvalue weighted by Gasteiger charge is -2.12. The Morgan fingerprint density at radius 2 is 2.12 bits per heavy atom. The lowest BCUT2D eigenvalue weighted by atomic mass is 10.3. The summed E-state index contributed by atoms with van der Waals surface area (Å²) in [6.07, 6.45) is 0. The first-order valence-electron chi connectivity index (χ1n) is 7.15. The van der Waals surface area contributed by atoms with Crippen LogP contribution in [0.1, 0.15) is 6.92 Å². The zero-order chi connectivity index (χ0) is 16.9. The van der Waals surface area contributed by atoms with Crippen molar-refractivity contribution in [2.75, 3.05) is 12.4 Å². The summed E-state index contributed by atoms with van der Waals surface area (Å²) in [4.78, 5) is 13.2. The number of carbonyl (C=O) groups excluding carboxylic acids is 1. The Kier molecular flexibility index (Phi) is 5.17. The monoisotopic (exact) mass is 361 g/mol. The quantitative estimate of drug-likeness (QED) is 0.671. The van der Waals surface area contributed by atoms with Crippen molar-refractivity contribution in [3.63, 3.8) is 0 Å². The highest BCUT2D eigenvalue weighted by Crippen LogP contribution is 2.29. The molecule has 1 amide bonds. The predicted octanol–water partition coefficient (Wildman–Crippen LogP) is 3.93. The van der Waals surface area contributed by atoms with Crippen LogP contribution in [0.15, 0.2) is 51.4 Å². The van der Waals surface area contributed by atoms with Crippen LogP contribution >= 0.6 is 23.1 Å². The summed E-state index contributed by atoms with van der Waals surface area (Å²) >= 11 is 2.74. The zero-order valence-corrected chi connectivity index (χ0v) is 14.7. The number of benzene rings is 1. The van der Waals surface area contributed by atoms with Gasteiger partial charge in [0, 0.05) is 0 Å². The van der Waals surface area contributed by atoms with Gasteiger partial charge in [0.1, 0.15) is 5.75 Å². The van der Waals surface area contributed by atoms with Crippen molar-refractivity contribution < 1.29 is 13.9 Å². The Morgan fingerprint density at radius 3 is 2.88 bits per heavy atom. The van der Waals surface area contributed by atoms with Crippen molar-refractivity contribution in [2.24, 2.45) is 0 Å². The largest absolute Gasteiger partial charge is 0.495 e. The number of methoxy groups -OCH3 is 1. The molecule has 24 heavy (non-hydrogen) atoms. The average molecular weight is 361 g/mol. The van der Waals surface area contributed by atoms with Gasteiger partial charge >= 0.3 is 0 Å². The third-order valence-corrected chi connectivity index (χ3v) is 4.94. The molecule has 1 N–H and O–H groups in total. The molecule has 1 atom stereocenters. The Hall–Kier alpha value is -2.32. The van der Waals surface area contributed by atoms with Gasteiger partial charge in [-0.2, -0.15) is 0 Å². The van der Waals surface area contributed by atoms with E-state index in [-0.39, 0.29) is 5.91 Å². The number of nitrogens with zero attached hydrogens (tertiary/aromatic N) is 2. The highest BCUT2D eigenvalue weighted by atomic mass is 32.2. The van der Waals surface area contributed by atoms with Gasteiger partial charge in [0.2, 0.25) is 5.91 Å². The van der Waals surface area contributed by atoms with Crippen LogP contribution in [0.4, 0.5) is 5.69 Å².